The van der Waals surface area contributed by atoms with E-state index in [1.165, 1.54) is 0 Å². The van der Waals surface area contributed by atoms with Crippen molar-refractivity contribution in [3.05, 3.63) is 125 Å². The van der Waals surface area contributed by atoms with Gasteiger partial charge in [0.15, 0.2) is 5.78 Å². The van der Waals surface area contributed by atoms with Gasteiger partial charge in [-0.1, -0.05) is 53.7 Å². The Kier molecular flexibility index (Phi) is 9.17. The number of Topliss-reactive ketones (excluding diaryl/α,β-unsaturated/α-hetero) is 1. The second-order valence-corrected chi connectivity index (χ2v) is 10.6. The molecule has 6 heteroatoms. The molecule has 36 heavy (non-hydrogen) atoms. The smallest absolute Gasteiger partial charge is 0.206 e. The molecule has 180 valence electrons. The predicted octanol–water partition coefficient (Wildman–Crippen LogP) is 8.16. The maximum absolute atomic E-state index is 13.0. The Bertz CT molecular complexity index is 1350. The van der Waals surface area contributed by atoms with E-state index in [1.807, 2.05) is 103 Å². The average Bonchev–Trinajstić information content (AvgIpc) is 2.93. The Hall–Kier alpha value is -3.12. The van der Waals surface area contributed by atoms with Gasteiger partial charge in [-0.2, -0.15) is 0 Å². The lowest BCUT2D eigenvalue weighted by Gasteiger charge is -2.07. The predicted molar refractivity (Wildman–Crippen MR) is 151 cm³/mol. The van der Waals surface area contributed by atoms with Crippen LogP contribution in [0.25, 0.3) is 0 Å². The minimum Gasteiger partial charge on any atom is -0.289 e. The van der Waals surface area contributed by atoms with Crippen LogP contribution in [0, 0.1) is 0 Å². The topological polar surface area (TPSA) is 46.5 Å². The van der Waals surface area contributed by atoms with Crippen molar-refractivity contribution in [2.45, 2.75) is 21.1 Å². The molecule has 0 aliphatic heterocycles. The van der Waals surface area contributed by atoms with Gasteiger partial charge in [-0.05, 0) is 72.8 Å². The van der Waals surface area contributed by atoms with Gasteiger partial charge in [0.05, 0.1) is 5.71 Å². The van der Waals surface area contributed by atoms with Crippen molar-refractivity contribution in [2.24, 2.45) is 4.99 Å². The van der Waals surface area contributed by atoms with Gasteiger partial charge in [0.25, 0.3) is 0 Å². The molecule has 0 radical (unpaired) electrons. The zero-order valence-corrected chi connectivity index (χ0v) is 22.1. The van der Waals surface area contributed by atoms with Crippen LogP contribution in [-0.2, 0) is 0 Å². The summed E-state index contributed by atoms with van der Waals surface area (Å²) in [6.07, 6.45) is 0.590. The van der Waals surface area contributed by atoms with Gasteiger partial charge in [-0.25, -0.2) is 0 Å². The molecule has 0 atom stereocenters. The molecule has 0 heterocycles. The summed E-state index contributed by atoms with van der Waals surface area (Å²) >= 11 is 9.20. The standard InChI is InChI=1S/C30H24ClNO2S2/c1-32-28(19-20-35-25-17-11-24(31)12-18-25)30(34)23-9-15-27(16-10-23)36-26-13-7-22(8-14-26)29(33)21-5-3-2-4-6-21/h2-18H,19-20H2,1H3. The Morgan fingerprint density at radius 2 is 1.22 bits per heavy atom. The van der Waals surface area contributed by atoms with Gasteiger partial charge in [0.2, 0.25) is 5.78 Å². The first-order chi connectivity index (χ1) is 17.5. The summed E-state index contributed by atoms with van der Waals surface area (Å²) in [6.45, 7) is 0. The summed E-state index contributed by atoms with van der Waals surface area (Å²) in [7, 11) is 1.66. The largest absolute Gasteiger partial charge is 0.289 e. The molecule has 4 aromatic rings. The SMILES string of the molecule is CN=C(CCSc1ccc(Cl)cc1)C(=O)c1ccc(Sc2ccc(C(=O)c3ccccc3)cc2)cc1. The molecule has 0 unspecified atom stereocenters. The van der Waals surface area contributed by atoms with Crippen LogP contribution in [0.1, 0.15) is 32.7 Å². The first kappa shape index (κ1) is 26.0. The zero-order chi connectivity index (χ0) is 25.3. The number of nitrogens with zero attached hydrogens (tertiary/aromatic N) is 1. The van der Waals surface area contributed by atoms with Gasteiger partial charge in [0.1, 0.15) is 0 Å². The minimum atomic E-state index is -0.0467. The number of carbonyl (C=O) groups is 2. The van der Waals surface area contributed by atoms with Crippen LogP contribution in [0.2, 0.25) is 5.02 Å². The molecular formula is C30H24ClNO2S2. The van der Waals surface area contributed by atoms with Crippen LogP contribution in [0.5, 0.6) is 0 Å². The minimum absolute atomic E-state index is 0.00923. The third-order valence-corrected chi connectivity index (χ3v) is 7.74. The molecule has 0 fully saturated rings. The normalized spacial score (nSPS) is 11.3. The summed E-state index contributed by atoms with van der Waals surface area (Å²) in [5, 5.41) is 0.710. The first-order valence-electron chi connectivity index (χ1n) is 11.4. The molecule has 0 bridgehead atoms. The molecule has 0 aliphatic carbocycles. The quantitative estimate of drug-likeness (QED) is 0.118. The molecule has 0 spiro atoms. The molecule has 3 nitrogen and oxygen atoms in total. The average molecular weight is 530 g/mol. The van der Waals surface area contributed by atoms with Crippen molar-refractivity contribution in [1.82, 2.24) is 0 Å². The number of aliphatic imine (C=N–C) groups is 1. The highest BCUT2D eigenvalue weighted by Crippen LogP contribution is 2.29. The Balaban J connectivity index is 1.33. The number of rotatable bonds is 10. The lowest BCUT2D eigenvalue weighted by Crippen LogP contribution is -2.15. The van der Waals surface area contributed by atoms with Gasteiger partial charge in [0, 0.05) is 55.6 Å². The second-order valence-electron chi connectivity index (χ2n) is 7.90. The van der Waals surface area contributed by atoms with Crippen molar-refractivity contribution >= 4 is 52.4 Å². The van der Waals surface area contributed by atoms with E-state index in [0.717, 1.165) is 20.4 Å². The first-order valence-corrected chi connectivity index (χ1v) is 13.6. The number of halogens is 1. The van der Waals surface area contributed by atoms with Crippen LogP contribution >= 0.6 is 35.1 Å². The fourth-order valence-corrected chi connectivity index (χ4v) is 5.33. The highest BCUT2D eigenvalue weighted by Gasteiger charge is 2.14. The Labute approximate surface area is 225 Å². The zero-order valence-electron chi connectivity index (χ0n) is 19.7. The molecule has 0 aromatic heterocycles. The van der Waals surface area contributed by atoms with E-state index >= 15 is 0 Å². The van der Waals surface area contributed by atoms with Crippen molar-refractivity contribution in [3.8, 4) is 0 Å². The molecule has 4 aromatic carbocycles. The van der Waals surface area contributed by atoms with Crippen molar-refractivity contribution in [3.63, 3.8) is 0 Å². The van der Waals surface area contributed by atoms with E-state index in [4.69, 9.17) is 11.6 Å². The van der Waals surface area contributed by atoms with E-state index in [1.54, 1.807) is 30.6 Å². The third-order valence-electron chi connectivity index (χ3n) is 5.46. The molecule has 4 rings (SSSR count). The van der Waals surface area contributed by atoms with Crippen molar-refractivity contribution in [2.75, 3.05) is 12.8 Å². The lowest BCUT2D eigenvalue weighted by molar-refractivity contribution is 0.103. The number of ketones is 2. The van der Waals surface area contributed by atoms with Gasteiger partial charge in [-0.15, -0.1) is 11.8 Å². The number of carbonyl (C=O) groups excluding carboxylic acids is 2. The molecule has 0 amide bonds. The summed E-state index contributed by atoms with van der Waals surface area (Å²) in [4.78, 5) is 32.9. The molecular weight excluding hydrogens is 506 g/mol. The lowest BCUT2D eigenvalue weighted by atomic mass is 10.0. The summed E-state index contributed by atoms with van der Waals surface area (Å²) in [6, 6.07) is 32.1. The van der Waals surface area contributed by atoms with Crippen LogP contribution in [0.15, 0.2) is 123 Å². The van der Waals surface area contributed by atoms with E-state index < -0.39 is 0 Å². The number of hydrogen-bond acceptors (Lipinski definition) is 5. The molecule has 0 N–H and O–H groups in total. The second kappa shape index (κ2) is 12.7. The summed E-state index contributed by atoms with van der Waals surface area (Å²) in [5.74, 6) is 0.723. The van der Waals surface area contributed by atoms with Crippen LogP contribution in [-0.4, -0.2) is 30.1 Å². The molecule has 0 saturated carbocycles. The van der Waals surface area contributed by atoms with Crippen molar-refractivity contribution < 1.29 is 9.59 Å². The maximum Gasteiger partial charge on any atom is 0.206 e. The highest BCUT2D eigenvalue weighted by molar-refractivity contribution is 7.99. The molecule has 0 aliphatic rings. The van der Waals surface area contributed by atoms with Crippen LogP contribution < -0.4 is 0 Å². The fourth-order valence-electron chi connectivity index (χ4n) is 3.53. The van der Waals surface area contributed by atoms with E-state index in [2.05, 4.69) is 4.99 Å². The monoisotopic (exact) mass is 529 g/mol. The van der Waals surface area contributed by atoms with E-state index in [9.17, 15) is 9.59 Å². The number of benzene rings is 4. The van der Waals surface area contributed by atoms with Gasteiger partial charge < -0.3 is 0 Å². The maximum atomic E-state index is 13.0. The Morgan fingerprint density at radius 3 is 1.81 bits per heavy atom. The van der Waals surface area contributed by atoms with Crippen LogP contribution in [0.3, 0.4) is 0 Å². The number of hydrogen-bond donors (Lipinski definition) is 0. The summed E-state index contributed by atoms with van der Waals surface area (Å²) < 4.78 is 0. The van der Waals surface area contributed by atoms with Crippen LogP contribution in [0.4, 0.5) is 0 Å². The highest BCUT2D eigenvalue weighted by atomic mass is 35.5. The van der Waals surface area contributed by atoms with E-state index in [0.29, 0.717) is 33.8 Å². The molecule has 0 saturated heterocycles. The van der Waals surface area contributed by atoms with E-state index in [-0.39, 0.29) is 11.6 Å². The fraction of sp³-hybridized carbons (Fsp3) is 0.100. The Morgan fingerprint density at radius 1 is 0.694 bits per heavy atom. The number of thioether (sulfide) groups is 1. The van der Waals surface area contributed by atoms with Crippen molar-refractivity contribution in [1.29, 1.82) is 0 Å². The van der Waals surface area contributed by atoms with Gasteiger partial charge in [-0.3, -0.25) is 14.6 Å². The summed E-state index contributed by atoms with van der Waals surface area (Å²) in [5.41, 5.74) is 2.53. The third kappa shape index (κ3) is 6.97. The van der Waals surface area contributed by atoms with Gasteiger partial charge >= 0.3 is 0 Å².